The third-order valence-electron chi connectivity index (χ3n) is 3.04. The van der Waals surface area contributed by atoms with Gasteiger partial charge in [-0.05, 0) is 30.3 Å². The van der Waals surface area contributed by atoms with E-state index in [1.807, 2.05) is 0 Å². The molecule has 8 heteroatoms. The molecule has 0 N–H and O–H groups in total. The molecular formula is C16H9Cl2O5S. The molecule has 3 aromatic rings. The average Bonchev–Trinajstić information content (AvgIpc) is 2.88. The van der Waals surface area contributed by atoms with Gasteiger partial charge in [0.25, 0.3) is 0 Å². The lowest BCUT2D eigenvalue weighted by molar-refractivity contribution is 0.101. The van der Waals surface area contributed by atoms with E-state index >= 15 is 0 Å². The van der Waals surface area contributed by atoms with Crippen LogP contribution in [0.4, 0.5) is 0 Å². The Morgan fingerprint density at radius 1 is 1.17 bits per heavy atom. The second-order valence-electron chi connectivity index (χ2n) is 4.95. The zero-order valence-corrected chi connectivity index (χ0v) is 14.5. The molecule has 0 spiro atoms. The van der Waals surface area contributed by atoms with Crippen LogP contribution in [0.25, 0.3) is 11.0 Å². The molecule has 0 unspecified atom stereocenters. The number of carbonyl (C=O) groups is 1. The van der Waals surface area contributed by atoms with Gasteiger partial charge < -0.3 is 8.60 Å². The van der Waals surface area contributed by atoms with E-state index in [1.54, 1.807) is 12.1 Å². The van der Waals surface area contributed by atoms with E-state index in [0.29, 0.717) is 10.4 Å². The molecule has 0 amide bonds. The maximum atomic E-state index is 12.5. The Bertz CT molecular complexity index is 1050. The van der Waals surface area contributed by atoms with Crippen LogP contribution in [-0.2, 0) is 10.1 Å². The zero-order valence-electron chi connectivity index (χ0n) is 12.2. The predicted octanol–water partition coefficient (Wildman–Crippen LogP) is 4.11. The Balaban J connectivity index is 1.99. The van der Waals surface area contributed by atoms with Gasteiger partial charge in [0.05, 0.1) is 11.3 Å². The van der Waals surface area contributed by atoms with Crippen molar-refractivity contribution in [2.75, 3.05) is 6.26 Å². The summed E-state index contributed by atoms with van der Waals surface area (Å²) >= 11 is 11.8. The van der Waals surface area contributed by atoms with Crippen molar-refractivity contribution in [3.63, 3.8) is 0 Å². The first kappa shape index (κ1) is 16.8. The highest BCUT2D eigenvalue weighted by Crippen LogP contribution is 2.28. The number of rotatable bonds is 4. The fourth-order valence-corrected chi connectivity index (χ4v) is 3.02. The van der Waals surface area contributed by atoms with Gasteiger partial charge in [0.2, 0.25) is 5.78 Å². The molecule has 0 atom stereocenters. The van der Waals surface area contributed by atoms with Crippen LogP contribution in [0.3, 0.4) is 0 Å². The van der Waals surface area contributed by atoms with Crippen LogP contribution in [0, 0.1) is 6.07 Å². The molecule has 3 rings (SSSR count). The van der Waals surface area contributed by atoms with Crippen molar-refractivity contribution in [1.29, 1.82) is 0 Å². The SMILES string of the molecule is CS(=O)(=O)Oc1ccc2[c]c(C(=O)c3ccc(Cl)cc3Cl)oc2c1. The van der Waals surface area contributed by atoms with Crippen molar-refractivity contribution in [2.24, 2.45) is 0 Å². The third-order valence-corrected chi connectivity index (χ3v) is 4.09. The lowest BCUT2D eigenvalue weighted by Crippen LogP contribution is -2.05. The highest BCUT2D eigenvalue weighted by molar-refractivity contribution is 7.86. The van der Waals surface area contributed by atoms with E-state index in [-0.39, 0.29) is 27.7 Å². The van der Waals surface area contributed by atoms with Crippen LogP contribution in [0.2, 0.25) is 10.0 Å². The van der Waals surface area contributed by atoms with Crippen LogP contribution < -0.4 is 4.18 Å². The molecule has 1 aromatic heterocycles. The minimum atomic E-state index is -3.66. The van der Waals surface area contributed by atoms with Crippen molar-refractivity contribution in [1.82, 2.24) is 0 Å². The molecule has 0 bridgehead atoms. The molecular weight excluding hydrogens is 375 g/mol. The first-order valence-electron chi connectivity index (χ1n) is 6.58. The monoisotopic (exact) mass is 383 g/mol. The van der Waals surface area contributed by atoms with Crippen molar-refractivity contribution in [3.05, 3.63) is 63.8 Å². The zero-order chi connectivity index (χ0) is 17.5. The Kier molecular flexibility index (Phi) is 4.29. The van der Waals surface area contributed by atoms with Crippen molar-refractivity contribution >= 4 is 50.1 Å². The van der Waals surface area contributed by atoms with Gasteiger partial charge >= 0.3 is 10.1 Å². The minimum absolute atomic E-state index is 0.0503. The molecule has 1 radical (unpaired) electrons. The average molecular weight is 384 g/mol. The van der Waals surface area contributed by atoms with Crippen LogP contribution in [0.15, 0.2) is 40.8 Å². The van der Waals surface area contributed by atoms with Gasteiger partial charge in [0, 0.05) is 28.1 Å². The molecule has 0 saturated heterocycles. The second-order valence-corrected chi connectivity index (χ2v) is 7.37. The first-order valence-corrected chi connectivity index (χ1v) is 9.15. The highest BCUT2D eigenvalue weighted by Gasteiger charge is 2.18. The Hall–Kier alpha value is -2.02. The lowest BCUT2D eigenvalue weighted by Gasteiger charge is -2.01. The molecule has 0 fully saturated rings. The van der Waals surface area contributed by atoms with Crippen LogP contribution in [-0.4, -0.2) is 20.5 Å². The molecule has 2 aromatic carbocycles. The minimum Gasteiger partial charge on any atom is -0.452 e. The quantitative estimate of drug-likeness (QED) is 0.500. The Morgan fingerprint density at radius 3 is 2.58 bits per heavy atom. The lowest BCUT2D eigenvalue weighted by atomic mass is 10.1. The summed E-state index contributed by atoms with van der Waals surface area (Å²) < 4.78 is 32.5. The normalized spacial score (nSPS) is 11.6. The van der Waals surface area contributed by atoms with Gasteiger partial charge in [-0.15, -0.1) is 0 Å². The molecule has 0 aliphatic carbocycles. The predicted molar refractivity (Wildman–Crippen MR) is 90.4 cm³/mol. The number of furan rings is 1. The molecule has 0 aliphatic rings. The summed E-state index contributed by atoms with van der Waals surface area (Å²) in [6.45, 7) is 0. The second kappa shape index (κ2) is 6.12. The van der Waals surface area contributed by atoms with Crippen molar-refractivity contribution in [2.45, 2.75) is 0 Å². The summed E-state index contributed by atoms with van der Waals surface area (Å²) in [4.78, 5) is 12.5. The fraction of sp³-hybridized carbons (Fsp3) is 0.0625. The molecule has 24 heavy (non-hydrogen) atoms. The van der Waals surface area contributed by atoms with E-state index in [0.717, 1.165) is 6.26 Å². The fourth-order valence-electron chi connectivity index (χ4n) is 2.07. The van der Waals surface area contributed by atoms with Gasteiger partial charge in [0.15, 0.2) is 5.76 Å². The first-order chi connectivity index (χ1) is 11.2. The summed E-state index contributed by atoms with van der Waals surface area (Å²) in [6.07, 6.45) is 0.933. The summed E-state index contributed by atoms with van der Waals surface area (Å²) in [5, 5.41) is 1.11. The van der Waals surface area contributed by atoms with Gasteiger partial charge in [-0.25, -0.2) is 0 Å². The van der Waals surface area contributed by atoms with Crippen molar-refractivity contribution in [3.8, 4) is 5.75 Å². The Morgan fingerprint density at radius 2 is 1.92 bits per heavy atom. The standard InChI is InChI=1S/C16H9Cl2O5S/c1-24(20,21)23-11-4-2-9-6-15(22-14(9)8-11)16(19)12-5-3-10(17)7-13(12)18/h2-5,7-8H,1H3. The molecule has 1 heterocycles. The largest absolute Gasteiger partial charge is 0.452 e. The highest BCUT2D eigenvalue weighted by atomic mass is 35.5. The number of benzene rings is 2. The van der Waals surface area contributed by atoms with Crippen LogP contribution in [0.1, 0.15) is 16.1 Å². The maximum Gasteiger partial charge on any atom is 0.306 e. The smallest absolute Gasteiger partial charge is 0.306 e. The summed E-state index contributed by atoms with van der Waals surface area (Å²) in [5.41, 5.74) is 0.494. The van der Waals surface area contributed by atoms with Crippen LogP contribution in [0.5, 0.6) is 5.75 Å². The number of hydrogen-bond acceptors (Lipinski definition) is 5. The number of ketones is 1. The van der Waals surface area contributed by atoms with E-state index in [4.69, 9.17) is 31.8 Å². The van der Waals surface area contributed by atoms with Gasteiger partial charge in [-0.2, -0.15) is 8.42 Å². The van der Waals surface area contributed by atoms with Crippen LogP contribution >= 0.6 is 23.2 Å². The van der Waals surface area contributed by atoms with E-state index in [9.17, 15) is 13.2 Å². The van der Waals surface area contributed by atoms with E-state index in [1.165, 1.54) is 24.3 Å². The van der Waals surface area contributed by atoms with Gasteiger partial charge in [-0.3, -0.25) is 4.79 Å². The third kappa shape index (κ3) is 3.56. The topological polar surface area (TPSA) is 73.6 Å². The van der Waals surface area contributed by atoms with Gasteiger partial charge in [0.1, 0.15) is 11.3 Å². The number of fused-ring (bicyclic) bond motifs is 1. The number of halogens is 2. The summed E-state index contributed by atoms with van der Waals surface area (Å²) in [7, 11) is -3.66. The summed E-state index contributed by atoms with van der Waals surface area (Å²) in [6, 6.07) is 11.7. The number of carbonyl (C=O) groups excluding carboxylic acids is 1. The maximum absolute atomic E-state index is 12.5. The van der Waals surface area contributed by atoms with Crippen molar-refractivity contribution < 1.29 is 21.8 Å². The molecule has 123 valence electrons. The summed E-state index contributed by atoms with van der Waals surface area (Å²) in [5.74, 6) is -0.430. The molecule has 0 saturated carbocycles. The van der Waals surface area contributed by atoms with E-state index in [2.05, 4.69) is 6.07 Å². The molecule has 5 nitrogen and oxygen atoms in total. The van der Waals surface area contributed by atoms with E-state index < -0.39 is 15.9 Å². The number of hydrogen-bond donors (Lipinski definition) is 0. The van der Waals surface area contributed by atoms with Gasteiger partial charge in [-0.1, -0.05) is 23.2 Å². The molecule has 0 aliphatic heterocycles. The Labute approximate surface area is 147 Å².